The van der Waals surface area contributed by atoms with Gasteiger partial charge in [0.1, 0.15) is 47.5 Å². The van der Waals surface area contributed by atoms with Crippen molar-refractivity contribution in [2.45, 2.75) is 155 Å². The van der Waals surface area contributed by atoms with E-state index in [1.165, 1.54) is 32.9 Å². The summed E-state index contributed by atoms with van der Waals surface area (Å²) in [6.45, 7) is 16.0. The highest BCUT2D eigenvalue weighted by Gasteiger charge is 2.75. The van der Waals surface area contributed by atoms with Crippen molar-refractivity contribution in [3.63, 3.8) is 0 Å². The molecule has 4 fully saturated rings. The summed E-state index contributed by atoms with van der Waals surface area (Å²) in [7, 11) is 0. The van der Waals surface area contributed by atoms with Crippen molar-refractivity contribution in [3.05, 3.63) is 23.8 Å². The first-order valence-corrected chi connectivity index (χ1v) is 18.9. The third kappa shape index (κ3) is 6.61. The van der Waals surface area contributed by atoms with Crippen molar-refractivity contribution < 1.29 is 68.8 Å². The Labute approximate surface area is 316 Å². The molecule has 4 aliphatic carbocycles. The number of hydrogen-bond acceptors (Lipinski definition) is 14. The van der Waals surface area contributed by atoms with E-state index in [0.717, 1.165) is 5.57 Å². The number of hydrogen-bond donors (Lipinski definition) is 6. The fourth-order valence-corrected chi connectivity index (χ4v) is 11.4. The highest BCUT2D eigenvalue weighted by Crippen LogP contribution is 2.74. The van der Waals surface area contributed by atoms with Crippen LogP contribution in [0.3, 0.4) is 0 Å². The van der Waals surface area contributed by atoms with E-state index < -0.39 is 118 Å². The Bertz CT molecular complexity index is 1580. The van der Waals surface area contributed by atoms with Crippen LogP contribution >= 0.6 is 0 Å². The summed E-state index contributed by atoms with van der Waals surface area (Å²) in [5.74, 6) is -3.73. The van der Waals surface area contributed by atoms with Crippen LogP contribution in [0.5, 0.6) is 0 Å². The lowest BCUT2D eigenvalue weighted by Crippen LogP contribution is -2.66. The number of esters is 2. The molecule has 5 rings (SSSR count). The number of carbonyl (C=O) groups is 4. The molecule has 5 aliphatic rings. The van der Waals surface area contributed by atoms with E-state index in [0.29, 0.717) is 6.42 Å². The molecule has 1 saturated heterocycles. The van der Waals surface area contributed by atoms with E-state index in [1.54, 1.807) is 13.8 Å². The molecule has 15 atom stereocenters. The standard InChI is InChI=1S/C40H60O14/c1-19(42)51-24-16-37(7)26-12-11-21-22(15-23(44)33(36(21,5)6)53-34-31(49)30(48)29(47)25(18-41)52-34)39(26,9)28(46)17-38(37,8)32(24)40(10,50)27(45)13-14-35(3,4)54-20(2)43/h11,13-14,22-26,29-34,41,44,47-50H,12,15-18H2,1-10H3/b14-13+/t22-,23+,24-,25-,26+,29-,30+,31-,32+,33-,34+,37+,38-,39+,40?/m1/s1. The molecule has 0 aromatic carbocycles. The molecule has 1 heterocycles. The van der Waals surface area contributed by atoms with Crippen LogP contribution in [0.15, 0.2) is 23.8 Å². The van der Waals surface area contributed by atoms with E-state index in [9.17, 15) is 49.8 Å². The van der Waals surface area contributed by atoms with Gasteiger partial charge < -0.3 is 49.6 Å². The number of rotatable bonds is 9. The molecule has 0 bridgehead atoms. The normalized spacial score (nSPS) is 44.3. The van der Waals surface area contributed by atoms with Crippen LogP contribution in [-0.4, -0.2) is 121 Å². The zero-order valence-electron chi connectivity index (χ0n) is 33.1. The molecule has 1 aliphatic heterocycles. The maximum atomic E-state index is 14.9. The third-order valence-electron chi connectivity index (χ3n) is 14.2. The molecule has 0 spiro atoms. The maximum absolute atomic E-state index is 14.9. The van der Waals surface area contributed by atoms with Crippen LogP contribution < -0.4 is 0 Å². The summed E-state index contributed by atoms with van der Waals surface area (Å²) >= 11 is 0. The summed E-state index contributed by atoms with van der Waals surface area (Å²) in [4.78, 5) is 53.0. The SMILES string of the molecule is CC(=O)O[C@@H]1C[C@@]2(C)[C@@H]3CC=C4[C@@H](C[C@H](O)[C@@H](O[C@@H]5O[C@H](CO)[C@@H](O)[C@H](O)[C@H]5O)C4(C)C)[C@]3(C)C(=O)C[C@]2(C)[C@H]1C(C)(O)C(=O)/C=C/C(C)(C)OC(C)=O. The average Bonchev–Trinajstić information content (AvgIpc) is 3.26. The molecule has 0 amide bonds. The van der Waals surface area contributed by atoms with Crippen LogP contribution in [0.1, 0.15) is 94.9 Å². The highest BCUT2D eigenvalue weighted by atomic mass is 16.7. The molecule has 304 valence electrons. The van der Waals surface area contributed by atoms with Crippen molar-refractivity contribution in [2.24, 2.45) is 39.4 Å². The van der Waals surface area contributed by atoms with E-state index >= 15 is 0 Å². The van der Waals surface area contributed by atoms with Gasteiger partial charge in [-0.25, -0.2) is 0 Å². The summed E-state index contributed by atoms with van der Waals surface area (Å²) in [6, 6.07) is 0. The number of ketones is 2. The van der Waals surface area contributed by atoms with Gasteiger partial charge >= 0.3 is 11.9 Å². The van der Waals surface area contributed by atoms with Crippen molar-refractivity contribution in [3.8, 4) is 0 Å². The van der Waals surface area contributed by atoms with Crippen LogP contribution in [0.4, 0.5) is 0 Å². The molecular formula is C40H60O14. The molecule has 0 aromatic rings. The Balaban J connectivity index is 1.51. The van der Waals surface area contributed by atoms with Gasteiger partial charge in [0.15, 0.2) is 12.1 Å². The predicted octanol–water partition coefficient (Wildman–Crippen LogP) is 1.69. The van der Waals surface area contributed by atoms with E-state index in [1.807, 2.05) is 34.6 Å². The summed E-state index contributed by atoms with van der Waals surface area (Å²) < 4.78 is 23.0. The monoisotopic (exact) mass is 764 g/mol. The third-order valence-corrected chi connectivity index (χ3v) is 14.2. The molecule has 3 saturated carbocycles. The lowest BCUT2D eigenvalue weighted by atomic mass is 9.38. The van der Waals surface area contributed by atoms with Gasteiger partial charge in [-0.1, -0.05) is 46.3 Å². The molecule has 6 N–H and O–H groups in total. The quantitative estimate of drug-likeness (QED) is 0.112. The zero-order chi connectivity index (χ0) is 40.7. The molecule has 0 aromatic heterocycles. The second-order valence-electron chi connectivity index (χ2n) is 18.4. The molecule has 54 heavy (non-hydrogen) atoms. The predicted molar refractivity (Wildman–Crippen MR) is 191 cm³/mol. The molecule has 14 heteroatoms. The van der Waals surface area contributed by atoms with E-state index in [2.05, 4.69) is 6.08 Å². The number of fused-ring (bicyclic) bond motifs is 5. The van der Waals surface area contributed by atoms with Gasteiger partial charge in [0.25, 0.3) is 0 Å². The highest BCUT2D eigenvalue weighted by molar-refractivity contribution is 5.97. The Kier molecular flexibility index (Phi) is 11.1. The molecule has 14 nitrogen and oxygen atoms in total. The first-order valence-electron chi connectivity index (χ1n) is 18.9. The van der Waals surface area contributed by atoms with Gasteiger partial charge in [-0.05, 0) is 74.9 Å². The van der Waals surface area contributed by atoms with Crippen molar-refractivity contribution in [1.82, 2.24) is 0 Å². The minimum Gasteiger partial charge on any atom is -0.462 e. The topological polar surface area (TPSA) is 227 Å². The average molecular weight is 765 g/mol. The first kappa shape index (κ1) is 42.6. The Morgan fingerprint density at radius 1 is 0.963 bits per heavy atom. The maximum Gasteiger partial charge on any atom is 0.303 e. The second-order valence-corrected chi connectivity index (χ2v) is 18.4. The van der Waals surface area contributed by atoms with Gasteiger partial charge in [-0.2, -0.15) is 0 Å². The van der Waals surface area contributed by atoms with Crippen molar-refractivity contribution in [2.75, 3.05) is 6.61 Å². The second kappa shape index (κ2) is 14.1. The smallest absolute Gasteiger partial charge is 0.303 e. The Hall–Kier alpha value is -2.56. The van der Waals surface area contributed by atoms with Crippen LogP contribution in [0.2, 0.25) is 0 Å². The van der Waals surface area contributed by atoms with E-state index in [-0.39, 0.29) is 31.0 Å². The Morgan fingerprint density at radius 3 is 2.17 bits per heavy atom. The summed E-state index contributed by atoms with van der Waals surface area (Å²) in [5.41, 5.74) is -6.11. The van der Waals surface area contributed by atoms with Crippen LogP contribution in [-0.2, 0) is 38.1 Å². The minimum atomic E-state index is -2.10. The summed E-state index contributed by atoms with van der Waals surface area (Å²) in [5, 5.41) is 65.1. The van der Waals surface area contributed by atoms with Crippen molar-refractivity contribution in [1.29, 1.82) is 0 Å². The van der Waals surface area contributed by atoms with E-state index in [4.69, 9.17) is 18.9 Å². The van der Waals surface area contributed by atoms with Crippen LogP contribution in [0.25, 0.3) is 0 Å². The largest absolute Gasteiger partial charge is 0.462 e. The lowest BCUT2D eigenvalue weighted by Gasteiger charge is -2.65. The number of ether oxygens (including phenoxy) is 4. The van der Waals surface area contributed by atoms with Gasteiger partial charge in [-0.15, -0.1) is 0 Å². The molecular weight excluding hydrogens is 704 g/mol. The Morgan fingerprint density at radius 2 is 1.59 bits per heavy atom. The number of carbonyl (C=O) groups excluding carboxylic acids is 4. The van der Waals surface area contributed by atoms with Crippen LogP contribution in [0, 0.1) is 39.4 Å². The van der Waals surface area contributed by atoms with Gasteiger partial charge in [-0.3, -0.25) is 19.2 Å². The number of aliphatic hydroxyl groups is 6. The fraction of sp³-hybridized carbons (Fsp3) is 0.800. The first-order chi connectivity index (χ1) is 24.7. The molecule has 0 radical (unpaired) electrons. The van der Waals surface area contributed by atoms with Crippen molar-refractivity contribution >= 4 is 23.5 Å². The lowest BCUT2D eigenvalue weighted by molar-refractivity contribution is -0.327. The minimum absolute atomic E-state index is 0.0455. The summed E-state index contributed by atoms with van der Waals surface area (Å²) in [6.07, 6.45) is -5.24. The van der Waals surface area contributed by atoms with Gasteiger partial charge in [0, 0.05) is 37.0 Å². The number of allylic oxidation sites excluding steroid dienone is 1. The fourth-order valence-electron chi connectivity index (χ4n) is 11.4. The van der Waals surface area contributed by atoms with Gasteiger partial charge in [0.05, 0.1) is 18.8 Å². The molecule has 1 unspecified atom stereocenters. The number of Topliss-reactive ketones (excluding diaryl/α,β-unsaturated/α-hetero) is 1. The van der Waals surface area contributed by atoms with Gasteiger partial charge in [0.2, 0.25) is 0 Å². The number of aliphatic hydroxyl groups excluding tert-OH is 5. The zero-order valence-corrected chi connectivity index (χ0v) is 33.1.